The van der Waals surface area contributed by atoms with Gasteiger partial charge in [-0.25, -0.2) is 13.8 Å². The van der Waals surface area contributed by atoms with Gasteiger partial charge in [-0.1, -0.05) is 41.9 Å². The first-order valence-electron chi connectivity index (χ1n) is 13.0. The standard InChI is InChI=1S/C30H17BrClF10N3O3/c31-19-11-17(28(36,29(37,38)39)30(40,41)42)12-21(48-27(34)35)24(19)44-25(46)18-7-4-8-20(23(18)33)45(14-15-9-10-22(32)43-13-15)26(47)16-5-2-1-3-6-16/h1-13,27H,14H2,(H,44,46). The van der Waals surface area contributed by atoms with Gasteiger partial charge < -0.3 is 15.0 Å². The van der Waals surface area contributed by atoms with E-state index in [1.807, 2.05) is 5.32 Å². The molecule has 0 spiro atoms. The number of nitrogens with one attached hydrogen (secondary N) is 1. The second-order valence-electron chi connectivity index (χ2n) is 9.70. The first-order chi connectivity index (χ1) is 22.3. The molecule has 1 aromatic heterocycles. The average molecular weight is 773 g/mol. The number of halogens is 12. The van der Waals surface area contributed by atoms with Gasteiger partial charge in [0, 0.05) is 21.8 Å². The number of nitrogens with zero attached hydrogens (tertiary/aromatic N) is 2. The third-order valence-electron chi connectivity index (χ3n) is 6.60. The van der Waals surface area contributed by atoms with Crippen LogP contribution in [-0.4, -0.2) is 35.8 Å². The van der Waals surface area contributed by atoms with Crippen molar-refractivity contribution < 1.29 is 58.2 Å². The molecule has 4 aromatic rings. The maximum Gasteiger partial charge on any atom is 0.435 e. The van der Waals surface area contributed by atoms with Crippen molar-refractivity contribution >= 4 is 50.7 Å². The van der Waals surface area contributed by atoms with Crippen LogP contribution in [0, 0.1) is 5.82 Å². The molecule has 0 fully saturated rings. The van der Waals surface area contributed by atoms with Gasteiger partial charge in [-0.3, -0.25) is 9.59 Å². The van der Waals surface area contributed by atoms with E-state index in [9.17, 15) is 49.1 Å². The highest BCUT2D eigenvalue weighted by Gasteiger charge is 2.73. The predicted molar refractivity (Wildman–Crippen MR) is 156 cm³/mol. The summed E-state index contributed by atoms with van der Waals surface area (Å²) in [5.41, 5.74) is -10.1. The molecule has 48 heavy (non-hydrogen) atoms. The number of carbonyl (C=O) groups is 2. The summed E-state index contributed by atoms with van der Waals surface area (Å²) in [5.74, 6) is -5.08. The van der Waals surface area contributed by atoms with Gasteiger partial charge in [0.2, 0.25) is 0 Å². The van der Waals surface area contributed by atoms with Crippen molar-refractivity contribution in [2.45, 2.75) is 31.2 Å². The minimum Gasteiger partial charge on any atom is -0.433 e. The first-order valence-corrected chi connectivity index (χ1v) is 14.2. The Morgan fingerprint density at radius 1 is 0.917 bits per heavy atom. The molecule has 1 heterocycles. The zero-order valence-electron chi connectivity index (χ0n) is 23.4. The van der Waals surface area contributed by atoms with Crippen LogP contribution in [0.2, 0.25) is 5.15 Å². The highest BCUT2D eigenvalue weighted by Crippen LogP contribution is 2.55. The molecule has 254 valence electrons. The second kappa shape index (κ2) is 14.0. The summed E-state index contributed by atoms with van der Waals surface area (Å²) in [6.07, 6.45) is -11.9. The fourth-order valence-electron chi connectivity index (χ4n) is 4.35. The van der Waals surface area contributed by atoms with E-state index in [1.165, 1.54) is 42.6 Å². The first kappa shape index (κ1) is 36.5. The fraction of sp³-hybridized carbons (Fsp3) is 0.167. The van der Waals surface area contributed by atoms with Crippen molar-refractivity contribution in [1.82, 2.24) is 4.98 Å². The van der Waals surface area contributed by atoms with Crippen LogP contribution in [0.3, 0.4) is 0 Å². The van der Waals surface area contributed by atoms with Gasteiger partial charge in [0.05, 0.1) is 23.5 Å². The molecule has 0 atom stereocenters. The maximum atomic E-state index is 16.1. The number of anilines is 2. The van der Waals surface area contributed by atoms with Gasteiger partial charge in [0.15, 0.2) is 11.6 Å². The van der Waals surface area contributed by atoms with E-state index in [0.29, 0.717) is 5.56 Å². The third-order valence-corrected chi connectivity index (χ3v) is 7.45. The number of benzene rings is 3. The summed E-state index contributed by atoms with van der Waals surface area (Å²) in [7, 11) is 0. The van der Waals surface area contributed by atoms with Crippen LogP contribution in [0.1, 0.15) is 31.8 Å². The second-order valence-corrected chi connectivity index (χ2v) is 10.9. The molecular weight excluding hydrogens is 756 g/mol. The van der Waals surface area contributed by atoms with Crippen molar-refractivity contribution in [3.05, 3.63) is 117 Å². The lowest BCUT2D eigenvalue weighted by molar-refractivity contribution is -0.348. The normalized spacial score (nSPS) is 12.2. The minimum atomic E-state index is -6.60. The van der Waals surface area contributed by atoms with E-state index in [1.54, 1.807) is 6.07 Å². The molecule has 4 rings (SSSR count). The predicted octanol–water partition coefficient (Wildman–Crippen LogP) is 9.63. The zero-order chi connectivity index (χ0) is 35.6. The molecule has 0 bridgehead atoms. The molecule has 0 unspecified atom stereocenters. The Labute approximate surface area is 277 Å². The lowest BCUT2D eigenvalue weighted by Gasteiger charge is -2.31. The van der Waals surface area contributed by atoms with Crippen LogP contribution < -0.4 is 15.0 Å². The number of hydrogen-bond acceptors (Lipinski definition) is 4. The van der Waals surface area contributed by atoms with E-state index >= 15 is 4.39 Å². The Morgan fingerprint density at radius 2 is 1.56 bits per heavy atom. The summed E-state index contributed by atoms with van der Waals surface area (Å²) >= 11 is 8.38. The Hall–Kier alpha value is -4.38. The van der Waals surface area contributed by atoms with Crippen molar-refractivity contribution in [2.75, 3.05) is 10.2 Å². The van der Waals surface area contributed by atoms with Gasteiger partial charge in [-0.2, -0.15) is 35.1 Å². The zero-order valence-corrected chi connectivity index (χ0v) is 25.8. The fourth-order valence-corrected chi connectivity index (χ4v) is 5.00. The van der Waals surface area contributed by atoms with Crippen LogP contribution in [0.25, 0.3) is 0 Å². The van der Waals surface area contributed by atoms with Crippen molar-refractivity contribution in [3.8, 4) is 5.75 Å². The number of carbonyl (C=O) groups excluding carboxylic acids is 2. The third kappa shape index (κ3) is 7.51. The molecule has 0 aliphatic heterocycles. The highest BCUT2D eigenvalue weighted by molar-refractivity contribution is 9.10. The smallest absolute Gasteiger partial charge is 0.433 e. The Kier molecular flexibility index (Phi) is 10.6. The molecule has 0 aliphatic carbocycles. The van der Waals surface area contributed by atoms with Crippen LogP contribution in [0.15, 0.2) is 83.5 Å². The Morgan fingerprint density at radius 3 is 2.12 bits per heavy atom. The Balaban J connectivity index is 1.78. The summed E-state index contributed by atoms with van der Waals surface area (Å²) in [6, 6.07) is 13.2. The van der Waals surface area contributed by atoms with Gasteiger partial charge in [0.1, 0.15) is 5.15 Å². The van der Waals surface area contributed by atoms with Crippen molar-refractivity contribution in [1.29, 1.82) is 0 Å². The van der Waals surface area contributed by atoms with E-state index < -0.39 is 75.0 Å². The number of alkyl halides is 9. The quantitative estimate of drug-likeness (QED) is 0.136. The molecule has 0 radical (unpaired) electrons. The minimum absolute atomic E-state index is 0.0535. The van der Waals surface area contributed by atoms with Crippen LogP contribution in [0.4, 0.5) is 55.3 Å². The van der Waals surface area contributed by atoms with Gasteiger partial charge in [0.25, 0.3) is 11.8 Å². The molecule has 0 aliphatic rings. The highest BCUT2D eigenvalue weighted by atomic mass is 79.9. The van der Waals surface area contributed by atoms with E-state index in [4.69, 9.17) is 11.6 Å². The number of aromatic nitrogens is 1. The summed E-state index contributed by atoms with van der Waals surface area (Å²) < 4.78 is 140. The number of pyridine rings is 1. The SMILES string of the molecule is O=C(Nc1c(Br)cc(C(F)(C(F)(F)F)C(F)(F)F)cc1OC(F)F)c1cccc(N(Cc2ccc(Cl)nc2)C(=O)c2ccccc2)c1F. The molecule has 2 amide bonds. The van der Waals surface area contributed by atoms with E-state index in [0.717, 1.165) is 23.1 Å². The van der Waals surface area contributed by atoms with Gasteiger partial charge in [-0.15, -0.1) is 0 Å². The maximum absolute atomic E-state index is 16.1. The molecule has 0 saturated heterocycles. The monoisotopic (exact) mass is 771 g/mol. The van der Waals surface area contributed by atoms with E-state index in [-0.39, 0.29) is 29.4 Å². The van der Waals surface area contributed by atoms with Crippen LogP contribution >= 0.6 is 27.5 Å². The van der Waals surface area contributed by atoms with Crippen LogP contribution in [-0.2, 0) is 12.2 Å². The lowest BCUT2D eigenvalue weighted by atomic mass is 9.93. The van der Waals surface area contributed by atoms with Crippen molar-refractivity contribution in [3.63, 3.8) is 0 Å². The molecule has 18 heteroatoms. The van der Waals surface area contributed by atoms with Gasteiger partial charge in [-0.05, 0) is 64.0 Å². The summed E-state index contributed by atoms with van der Waals surface area (Å²) in [4.78, 5) is 31.6. The van der Waals surface area contributed by atoms with Gasteiger partial charge >= 0.3 is 24.6 Å². The lowest BCUT2D eigenvalue weighted by Crippen LogP contribution is -2.50. The summed E-state index contributed by atoms with van der Waals surface area (Å²) in [6.45, 7) is -4.18. The number of ether oxygens (including phenoxy) is 1. The number of hydrogen-bond donors (Lipinski definition) is 1. The molecule has 3 aromatic carbocycles. The van der Waals surface area contributed by atoms with Crippen molar-refractivity contribution in [2.24, 2.45) is 0 Å². The van der Waals surface area contributed by atoms with E-state index in [2.05, 4.69) is 25.7 Å². The molecular formula is C30H17BrClF10N3O3. The summed E-state index contributed by atoms with van der Waals surface area (Å²) in [5, 5.41) is 2.00. The molecule has 6 nitrogen and oxygen atoms in total. The molecule has 0 saturated carbocycles. The molecule has 1 N–H and O–H groups in total. The largest absolute Gasteiger partial charge is 0.435 e. The number of amides is 2. The topological polar surface area (TPSA) is 71.5 Å². The number of rotatable bonds is 9. The average Bonchev–Trinajstić information content (AvgIpc) is 3.00. The Bertz CT molecular complexity index is 1790. The van der Waals surface area contributed by atoms with Crippen LogP contribution in [0.5, 0.6) is 5.75 Å².